The van der Waals surface area contributed by atoms with Gasteiger partial charge in [-0.1, -0.05) is 0 Å². The molecule has 0 aliphatic carbocycles. The van der Waals surface area contributed by atoms with Gasteiger partial charge in [0.25, 0.3) is 0 Å². The van der Waals surface area contributed by atoms with Crippen LogP contribution >= 0.6 is 0 Å². The third kappa shape index (κ3) is 8.89. The van der Waals surface area contributed by atoms with Crippen molar-refractivity contribution in [1.29, 1.82) is 5.53 Å². The molecule has 1 N–H and O–H groups in total. The first-order valence-electron chi connectivity index (χ1n) is 10.8. The number of benzene rings is 2. The van der Waals surface area contributed by atoms with Crippen LogP contribution in [0.15, 0.2) is 48.5 Å². The lowest BCUT2D eigenvalue weighted by molar-refractivity contribution is -0.137. The minimum Gasteiger partial charge on any atom is -0.382 e. The molecule has 2 rings (SSSR count). The number of ether oxygens (including phenoxy) is 4. The predicted octanol–water partition coefficient (Wildman–Crippen LogP) is 3.91. The van der Waals surface area contributed by atoms with Gasteiger partial charge in [-0.25, -0.2) is 0 Å². The van der Waals surface area contributed by atoms with E-state index in [1.165, 1.54) is 12.1 Å². The number of rotatable bonds is 15. The lowest BCUT2D eigenvalue weighted by Gasteiger charge is -2.25. The summed E-state index contributed by atoms with van der Waals surface area (Å²) in [5.74, 6) is 0. The highest BCUT2D eigenvalue weighted by Crippen LogP contribution is 2.29. The van der Waals surface area contributed by atoms with Crippen LogP contribution in [0.4, 0.5) is 18.9 Å². The van der Waals surface area contributed by atoms with Crippen molar-refractivity contribution in [2.45, 2.75) is 6.18 Å². The summed E-state index contributed by atoms with van der Waals surface area (Å²) in [5.41, 5.74) is 9.08. The van der Waals surface area contributed by atoms with Gasteiger partial charge in [0.1, 0.15) is 0 Å². The molecule has 0 spiro atoms. The summed E-state index contributed by atoms with van der Waals surface area (Å²) in [7, 11) is 3.24. The predicted molar refractivity (Wildman–Crippen MR) is 122 cm³/mol. The average Bonchev–Trinajstić information content (AvgIpc) is 2.83. The van der Waals surface area contributed by atoms with Crippen molar-refractivity contribution in [2.75, 3.05) is 71.9 Å². The van der Waals surface area contributed by atoms with Gasteiger partial charge in [0.2, 0.25) is 0 Å². The van der Waals surface area contributed by atoms with Gasteiger partial charge < -0.3 is 23.8 Å². The van der Waals surface area contributed by atoms with Gasteiger partial charge in [-0.15, -0.1) is 0 Å². The molecule has 10 heteroatoms. The summed E-state index contributed by atoms with van der Waals surface area (Å²) in [6.07, 6.45) is -4.41. The lowest BCUT2D eigenvalue weighted by atomic mass is 10.0. The minimum atomic E-state index is -4.41. The van der Waals surface area contributed by atoms with Crippen LogP contribution in [0.5, 0.6) is 0 Å². The second-order valence-electron chi connectivity index (χ2n) is 7.28. The molecule has 0 fully saturated rings. The molecule has 7 nitrogen and oxygen atoms in total. The van der Waals surface area contributed by atoms with Crippen molar-refractivity contribution in [3.8, 4) is 0 Å². The first-order valence-corrected chi connectivity index (χ1v) is 10.8. The summed E-state index contributed by atoms with van der Waals surface area (Å²) in [4.78, 5) is 5.67. The van der Waals surface area contributed by atoms with Gasteiger partial charge >= 0.3 is 11.9 Å². The fourth-order valence-corrected chi connectivity index (χ4v) is 3.15. The molecule has 0 bridgehead atoms. The Kier molecular flexibility index (Phi) is 11.7. The Labute approximate surface area is 197 Å². The normalized spacial score (nSPS) is 11.3. The number of nitrogens with zero attached hydrogens (tertiary/aromatic N) is 2. The van der Waals surface area contributed by atoms with Crippen LogP contribution in [-0.4, -0.2) is 77.5 Å². The number of halogens is 3. The molecule has 0 atom stereocenters. The van der Waals surface area contributed by atoms with Crippen molar-refractivity contribution >= 4 is 11.4 Å². The van der Waals surface area contributed by atoms with Gasteiger partial charge in [0.15, 0.2) is 0 Å². The Morgan fingerprint density at radius 1 is 0.765 bits per heavy atom. The molecule has 2 aromatic rings. The van der Waals surface area contributed by atoms with Crippen LogP contribution in [0, 0.1) is 5.53 Å². The van der Waals surface area contributed by atoms with Gasteiger partial charge in [-0.05, 0) is 48.5 Å². The fraction of sp³-hybridized carbons (Fsp3) is 0.458. The molecule has 0 unspecified atom stereocenters. The number of alkyl halides is 3. The molecule has 0 aliphatic heterocycles. The van der Waals surface area contributed by atoms with Crippen molar-refractivity contribution in [3.63, 3.8) is 0 Å². The molecular weight excluding hydrogens is 451 g/mol. The fourth-order valence-electron chi connectivity index (χ4n) is 3.15. The second-order valence-corrected chi connectivity index (χ2v) is 7.28. The Morgan fingerprint density at radius 2 is 1.24 bits per heavy atom. The van der Waals surface area contributed by atoms with Gasteiger partial charge in [-0.2, -0.15) is 13.2 Å². The Hall–Kier alpha value is -2.75. The highest BCUT2D eigenvalue weighted by atomic mass is 19.4. The van der Waals surface area contributed by atoms with E-state index in [2.05, 4.69) is 9.69 Å². The van der Waals surface area contributed by atoms with Gasteiger partial charge in [0, 0.05) is 33.0 Å². The van der Waals surface area contributed by atoms with E-state index in [-0.39, 0.29) is 5.71 Å². The first kappa shape index (κ1) is 27.5. The third-order valence-corrected chi connectivity index (χ3v) is 4.98. The van der Waals surface area contributed by atoms with Crippen LogP contribution in [0.25, 0.3) is 0 Å². The summed E-state index contributed by atoms with van der Waals surface area (Å²) in [5, 5.41) is 0. The van der Waals surface area contributed by atoms with Crippen molar-refractivity contribution in [1.82, 2.24) is 0 Å². The molecule has 0 radical (unpaired) electrons. The molecular formula is C24H31F3N3O4+. The topological polar surface area (TPSA) is 78.1 Å². The van der Waals surface area contributed by atoms with Crippen molar-refractivity contribution in [2.24, 2.45) is 0 Å². The van der Waals surface area contributed by atoms with Crippen LogP contribution in [-0.2, 0) is 25.1 Å². The Balaban J connectivity index is 2.10. The van der Waals surface area contributed by atoms with E-state index in [9.17, 15) is 13.2 Å². The molecule has 2 aromatic carbocycles. The summed E-state index contributed by atoms with van der Waals surface area (Å²) >= 11 is 0. The van der Waals surface area contributed by atoms with E-state index < -0.39 is 11.7 Å². The standard InChI is InChI=1S/C24H31F3N3O4/c1-31-15-17-33-13-11-30(12-14-34-18-16-32-2)22-9-5-20(6-10-22)23(29-28)19-3-7-21(8-4-19)24(25,26)27/h3-10,28H,11-18H2,1-2H3/q+1. The van der Waals surface area contributed by atoms with E-state index >= 15 is 0 Å². The number of hydrogen-bond acceptors (Lipinski definition) is 6. The highest BCUT2D eigenvalue weighted by molar-refractivity contribution is 6.09. The number of hydrogen-bond donors (Lipinski definition) is 1. The van der Waals surface area contributed by atoms with E-state index in [1.807, 2.05) is 12.1 Å². The number of nitrogens with one attached hydrogen (secondary N) is 1. The molecule has 34 heavy (non-hydrogen) atoms. The van der Waals surface area contributed by atoms with E-state index in [4.69, 9.17) is 24.5 Å². The number of methoxy groups -OCH3 is 2. The van der Waals surface area contributed by atoms with E-state index in [1.54, 1.807) is 26.4 Å². The quantitative estimate of drug-likeness (QED) is 0.180. The molecule has 0 amide bonds. The van der Waals surface area contributed by atoms with Crippen LogP contribution in [0.2, 0.25) is 0 Å². The zero-order valence-electron chi connectivity index (χ0n) is 19.4. The Morgan fingerprint density at radius 3 is 1.65 bits per heavy atom. The zero-order valence-corrected chi connectivity index (χ0v) is 19.4. The largest absolute Gasteiger partial charge is 0.416 e. The monoisotopic (exact) mass is 482 g/mol. The lowest BCUT2D eigenvalue weighted by Crippen LogP contribution is -2.31. The molecule has 0 saturated carbocycles. The van der Waals surface area contributed by atoms with Gasteiger partial charge in [-0.3, -0.25) is 0 Å². The molecule has 0 saturated heterocycles. The van der Waals surface area contributed by atoms with Crippen molar-refractivity contribution < 1.29 is 36.9 Å². The molecule has 186 valence electrons. The second kappa shape index (κ2) is 14.5. The summed E-state index contributed by atoms with van der Waals surface area (Å²) in [6.45, 7) is 4.34. The maximum absolute atomic E-state index is 12.8. The maximum atomic E-state index is 12.8. The maximum Gasteiger partial charge on any atom is 0.416 e. The zero-order chi connectivity index (χ0) is 24.8. The highest BCUT2D eigenvalue weighted by Gasteiger charge is 2.31. The third-order valence-electron chi connectivity index (χ3n) is 4.98. The van der Waals surface area contributed by atoms with Gasteiger partial charge in [0.05, 0.1) is 66.7 Å². The molecule has 0 aliphatic rings. The SMILES string of the molecule is COCCOCCN(CCOCCOC)c1ccc(C(=[N+]=N)c2ccc(C(F)(F)F)cc2)cc1. The van der Waals surface area contributed by atoms with E-state index in [0.717, 1.165) is 17.8 Å². The smallest absolute Gasteiger partial charge is 0.382 e. The van der Waals surface area contributed by atoms with Crippen LogP contribution in [0.1, 0.15) is 16.7 Å². The first-order chi connectivity index (χ1) is 16.4. The van der Waals surface area contributed by atoms with Crippen LogP contribution in [0.3, 0.4) is 0 Å². The van der Waals surface area contributed by atoms with E-state index in [0.29, 0.717) is 63.9 Å². The minimum absolute atomic E-state index is 0.289. The average molecular weight is 483 g/mol. The Bertz CT molecular complexity index is 885. The summed E-state index contributed by atoms with van der Waals surface area (Å²) < 4.78 is 59.7. The number of anilines is 1. The molecule has 0 aromatic heterocycles. The summed E-state index contributed by atoms with van der Waals surface area (Å²) in [6, 6.07) is 12.0. The molecule has 0 heterocycles. The van der Waals surface area contributed by atoms with Crippen molar-refractivity contribution in [3.05, 3.63) is 65.2 Å². The van der Waals surface area contributed by atoms with Crippen LogP contribution < -0.4 is 4.90 Å².